The van der Waals surface area contributed by atoms with Crippen molar-refractivity contribution >= 4 is 45.9 Å². The van der Waals surface area contributed by atoms with Crippen LogP contribution in [0.3, 0.4) is 0 Å². The minimum Gasteiger partial charge on any atom is -0.324 e. The summed E-state index contributed by atoms with van der Waals surface area (Å²) < 4.78 is 3.06. The smallest absolute Gasteiger partial charge is 0.234 e. The number of rotatable bonds is 5. The summed E-state index contributed by atoms with van der Waals surface area (Å²) in [5.74, 6) is 0.275. The summed E-state index contributed by atoms with van der Waals surface area (Å²) in [5, 5.41) is 3.76. The van der Waals surface area contributed by atoms with Crippen molar-refractivity contribution in [2.45, 2.75) is 19.0 Å². The second kappa shape index (κ2) is 8.05. The molecular formula is C19H18IN3OS. The van der Waals surface area contributed by atoms with Crippen LogP contribution in [0.4, 0.5) is 5.69 Å². The van der Waals surface area contributed by atoms with Gasteiger partial charge in [-0.2, -0.15) is 0 Å². The minimum absolute atomic E-state index is 0.0374. The number of carbonyl (C=O) groups excluding carboxylic acids is 1. The molecule has 0 aliphatic heterocycles. The van der Waals surface area contributed by atoms with Crippen LogP contribution in [0.15, 0.2) is 60.0 Å². The van der Waals surface area contributed by atoms with Gasteiger partial charge >= 0.3 is 0 Å². The van der Waals surface area contributed by atoms with Crippen LogP contribution in [0.2, 0.25) is 0 Å². The number of hydrogen-bond donors (Lipinski definition) is 1. The average molecular weight is 463 g/mol. The highest BCUT2D eigenvalue weighted by Crippen LogP contribution is 2.24. The lowest BCUT2D eigenvalue weighted by Gasteiger charge is -2.11. The summed E-state index contributed by atoms with van der Waals surface area (Å²) in [6.45, 7) is 4.15. The van der Waals surface area contributed by atoms with Crippen LogP contribution in [0, 0.1) is 17.4 Å². The maximum Gasteiger partial charge on any atom is 0.234 e. The number of nitrogens with zero attached hydrogens (tertiary/aromatic N) is 2. The van der Waals surface area contributed by atoms with Gasteiger partial charge in [0.25, 0.3) is 0 Å². The van der Waals surface area contributed by atoms with Crippen molar-refractivity contribution < 1.29 is 4.79 Å². The number of aromatic nitrogens is 2. The Kier molecular flexibility index (Phi) is 5.80. The van der Waals surface area contributed by atoms with Crippen LogP contribution in [0.5, 0.6) is 0 Å². The summed E-state index contributed by atoms with van der Waals surface area (Å²) in [7, 11) is 0. The van der Waals surface area contributed by atoms with E-state index in [1.807, 2.05) is 35.0 Å². The number of aryl methyl sites for hydroxylation is 2. The van der Waals surface area contributed by atoms with E-state index in [1.165, 1.54) is 22.9 Å². The highest BCUT2D eigenvalue weighted by molar-refractivity contribution is 14.1. The van der Waals surface area contributed by atoms with Gasteiger partial charge in [0.05, 0.1) is 17.1 Å². The largest absolute Gasteiger partial charge is 0.324 e. The molecule has 25 heavy (non-hydrogen) atoms. The van der Waals surface area contributed by atoms with Crippen molar-refractivity contribution in [2.24, 2.45) is 0 Å². The van der Waals surface area contributed by atoms with Gasteiger partial charge in [0.1, 0.15) is 0 Å². The SMILES string of the molecule is Cc1ccc(C)c(-n2ccnc2SCC(=O)Nc2ccccc2I)c1. The molecule has 3 rings (SSSR count). The summed E-state index contributed by atoms with van der Waals surface area (Å²) in [6, 6.07) is 14.1. The van der Waals surface area contributed by atoms with Gasteiger partial charge in [0.2, 0.25) is 5.91 Å². The van der Waals surface area contributed by atoms with Crippen LogP contribution < -0.4 is 5.32 Å². The Morgan fingerprint density at radius 1 is 1.24 bits per heavy atom. The Bertz CT molecular complexity index is 907. The molecule has 0 saturated heterocycles. The molecule has 1 N–H and O–H groups in total. The number of amides is 1. The summed E-state index contributed by atoms with van der Waals surface area (Å²) in [4.78, 5) is 16.7. The average Bonchev–Trinajstić information content (AvgIpc) is 3.05. The molecule has 4 nitrogen and oxygen atoms in total. The molecule has 0 aliphatic carbocycles. The van der Waals surface area contributed by atoms with Crippen LogP contribution >= 0.6 is 34.4 Å². The lowest BCUT2D eigenvalue weighted by molar-refractivity contribution is -0.113. The van der Waals surface area contributed by atoms with E-state index in [0.29, 0.717) is 5.75 Å². The van der Waals surface area contributed by atoms with E-state index in [4.69, 9.17) is 0 Å². The number of thioether (sulfide) groups is 1. The van der Waals surface area contributed by atoms with E-state index >= 15 is 0 Å². The lowest BCUT2D eigenvalue weighted by atomic mass is 10.1. The van der Waals surface area contributed by atoms with Gasteiger partial charge in [-0.15, -0.1) is 0 Å². The molecule has 0 bridgehead atoms. The molecule has 0 aliphatic rings. The number of imidazole rings is 1. The fourth-order valence-electron chi connectivity index (χ4n) is 2.44. The molecule has 3 aromatic rings. The fourth-order valence-corrected chi connectivity index (χ4v) is 3.73. The zero-order valence-electron chi connectivity index (χ0n) is 14.0. The summed E-state index contributed by atoms with van der Waals surface area (Å²) >= 11 is 3.65. The Labute approximate surface area is 165 Å². The second-order valence-corrected chi connectivity index (χ2v) is 7.79. The van der Waals surface area contributed by atoms with E-state index in [-0.39, 0.29) is 5.91 Å². The van der Waals surface area contributed by atoms with Crippen LogP contribution in [0.1, 0.15) is 11.1 Å². The first-order valence-corrected chi connectivity index (χ1v) is 9.89. The number of para-hydroxylation sites is 1. The molecule has 0 unspecified atom stereocenters. The first-order valence-electron chi connectivity index (χ1n) is 7.83. The topological polar surface area (TPSA) is 46.9 Å². The quantitative estimate of drug-likeness (QED) is 0.436. The maximum atomic E-state index is 12.3. The van der Waals surface area contributed by atoms with E-state index < -0.39 is 0 Å². The zero-order valence-corrected chi connectivity index (χ0v) is 17.0. The van der Waals surface area contributed by atoms with Crippen molar-refractivity contribution in [3.63, 3.8) is 0 Å². The van der Waals surface area contributed by atoms with Gasteiger partial charge in [-0.1, -0.05) is 36.0 Å². The first-order chi connectivity index (χ1) is 12.0. The highest BCUT2D eigenvalue weighted by atomic mass is 127. The first kappa shape index (κ1) is 18.0. The molecule has 1 amide bonds. The predicted octanol–water partition coefficient (Wildman–Crippen LogP) is 4.82. The van der Waals surface area contributed by atoms with Gasteiger partial charge < -0.3 is 5.32 Å². The maximum absolute atomic E-state index is 12.3. The Morgan fingerprint density at radius 3 is 2.84 bits per heavy atom. The summed E-state index contributed by atoms with van der Waals surface area (Å²) in [6.07, 6.45) is 3.70. The van der Waals surface area contributed by atoms with Crippen molar-refractivity contribution in [1.82, 2.24) is 9.55 Å². The number of carbonyl (C=O) groups is 1. The molecule has 1 heterocycles. The van der Waals surface area contributed by atoms with Crippen LogP contribution in [0.25, 0.3) is 5.69 Å². The molecular weight excluding hydrogens is 445 g/mol. The third-order valence-electron chi connectivity index (χ3n) is 3.71. The molecule has 1 aromatic heterocycles. The Morgan fingerprint density at radius 2 is 2.04 bits per heavy atom. The third-order valence-corrected chi connectivity index (χ3v) is 5.62. The predicted molar refractivity (Wildman–Crippen MR) is 112 cm³/mol. The van der Waals surface area contributed by atoms with Gasteiger partial charge in [0, 0.05) is 16.0 Å². The highest BCUT2D eigenvalue weighted by Gasteiger charge is 2.11. The standard InChI is InChI=1S/C19H18IN3OS/c1-13-7-8-14(2)17(11-13)23-10-9-21-19(23)25-12-18(24)22-16-6-4-3-5-15(16)20/h3-11H,12H2,1-2H3,(H,22,24). The van der Waals surface area contributed by atoms with E-state index in [9.17, 15) is 4.79 Å². The fraction of sp³-hybridized carbons (Fsp3) is 0.158. The molecule has 0 fully saturated rings. The van der Waals surface area contributed by atoms with Crippen molar-refractivity contribution in [3.8, 4) is 5.69 Å². The number of halogens is 1. The summed E-state index contributed by atoms with van der Waals surface area (Å²) in [5.41, 5.74) is 4.31. The van der Waals surface area contributed by atoms with Crippen LogP contribution in [-0.2, 0) is 4.79 Å². The van der Waals surface area contributed by atoms with Gasteiger partial charge in [0.15, 0.2) is 5.16 Å². The molecule has 0 atom stereocenters. The number of hydrogen-bond acceptors (Lipinski definition) is 3. The third kappa shape index (κ3) is 4.43. The lowest BCUT2D eigenvalue weighted by Crippen LogP contribution is -2.15. The molecule has 0 spiro atoms. The van der Waals surface area contributed by atoms with Crippen molar-refractivity contribution in [2.75, 3.05) is 11.1 Å². The van der Waals surface area contributed by atoms with E-state index in [2.05, 4.69) is 64.9 Å². The normalized spacial score (nSPS) is 10.7. The van der Waals surface area contributed by atoms with Crippen LogP contribution in [-0.4, -0.2) is 21.2 Å². The van der Waals surface area contributed by atoms with Crippen molar-refractivity contribution in [1.29, 1.82) is 0 Å². The van der Waals surface area contributed by atoms with Gasteiger partial charge in [-0.05, 0) is 65.8 Å². The minimum atomic E-state index is -0.0374. The van der Waals surface area contributed by atoms with Gasteiger partial charge in [-0.3, -0.25) is 9.36 Å². The molecule has 2 aromatic carbocycles. The molecule has 128 valence electrons. The molecule has 0 saturated carbocycles. The Balaban J connectivity index is 1.71. The Hall–Kier alpha value is -1.80. The number of nitrogens with one attached hydrogen (secondary N) is 1. The molecule has 0 radical (unpaired) electrons. The van der Waals surface area contributed by atoms with E-state index in [1.54, 1.807) is 6.20 Å². The van der Waals surface area contributed by atoms with Gasteiger partial charge in [-0.25, -0.2) is 4.98 Å². The monoisotopic (exact) mass is 463 g/mol. The molecule has 6 heteroatoms. The second-order valence-electron chi connectivity index (χ2n) is 5.69. The van der Waals surface area contributed by atoms with E-state index in [0.717, 1.165) is 20.1 Å². The number of anilines is 1. The van der Waals surface area contributed by atoms with Crippen molar-refractivity contribution in [3.05, 3.63) is 69.6 Å². The zero-order chi connectivity index (χ0) is 17.8. The number of benzene rings is 2.